The van der Waals surface area contributed by atoms with Gasteiger partial charge in [-0.05, 0) is 91.8 Å². The highest BCUT2D eigenvalue weighted by molar-refractivity contribution is 7.90. The Morgan fingerprint density at radius 3 is 2.69 bits per heavy atom. The Morgan fingerprint density at radius 1 is 1.15 bits per heavy atom. The first kappa shape index (κ1) is 25.5. The van der Waals surface area contributed by atoms with Gasteiger partial charge in [0.1, 0.15) is 6.10 Å². The number of amides is 2. The van der Waals surface area contributed by atoms with E-state index in [0.717, 1.165) is 59.9 Å². The number of sulfonamides is 1. The minimum atomic E-state index is -4.31. The third-order valence-corrected chi connectivity index (χ3v) is 8.59. The van der Waals surface area contributed by atoms with Crippen molar-refractivity contribution in [2.75, 3.05) is 5.32 Å². The number of ether oxygens (including phenoxy) is 1. The first-order valence-corrected chi connectivity index (χ1v) is 14.4. The molecule has 2 fully saturated rings. The number of aromatic nitrogens is 3. The van der Waals surface area contributed by atoms with Crippen LogP contribution in [0, 0.1) is 6.92 Å². The van der Waals surface area contributed by atoms with E-state index in [-0.39, 0.29) is 35.6 Å². The summed E-state index contributed by atoms with van der Waals surface area (Å²) in [5, 5.41) is 6.48. The molecule has 6 rings (SSSR count). The van der Waals surface area contributed by atoms with Gasteiger partial charge >= 0.3 is 6.03 Å². The summed E-state index contributed by atoms with van der Waals surface area (Å²) < 4.78 is 60.6. The Hall–Kier alpha value is -3.80. The third kappa shape index (κ3) is 5.12. The fraction of sp³-hybridized carbons (Fsp3) is 0.370. The number of nitrogens with zero attached hydrogens (tertiary/aromatic N) is 3. The SMILES string of the molecule is Cc1cc2c(c(NC(=O)NS(=O)(=O)c3ccn(C4CC(=C(F)F)C4)n3)c1-c1ccnc(OC3CC3)c1)CCC2. The average molecular weight is 556 g/mol. The first-order chi connectivity index (χ1) is 18.7. The summed E-state index contributed by atoms with van der Waals surface area (Å²) in [6, 6.07) is 5.78. The molecule has 0 aliphatic heterocycles. The molecule has 2 N–H and O–H groups in total. The first-order valence-electron chi connectivity index (χ1n) is 12.9. The van der Waals surface area contributed by atoms with Crippen LogP contribution < -0.4 is 14.8 Å². The van der Waals surface area contributed by atoms with Crippen molar-refractivity contribution in [1.82, 2.24) is 19.5 Å². The van der Waals surface area contributed by atoms with Gasteiger partial charge in [0.2, 0.25) is 5.88 Å². The number of benzene rings is 1. The number of carbonyl (C=O) groups is 1. The summed E-state index contributed by atoms with van der Waals surface area (Å²) in [6.45, 7) is 1.96. The van der Waals surface area contributed by atoms with E-state index < -0.39 is 22.1 Å². The lowest BCUT2D eigenvalue weighted by Gasteiger charge is -2.28. The monoisotopic (exact) mass is 555 g/mol. The molecule has 0 bridgehead atoms. The lowest BCUT2D eigenvalue weighted by molar-refractivity contribution is 0.256. The number of carbonyl (C=O) groups excluding carboxylic acids is 1. The molecule has 3 aromatic rings. The molecule has 0 spiro atoms. The molecule has 9 nitrogen and oxygen atoms in total. The van der Waals surface area contributed by atoms with Crippen molar-refractivity contribution < 1.29 is 26.7 Å². The standard InChI is InChI=1S/C27H27F2N5O4S/c1-15-11-16-3-2-4-21(16)25(24(15)17-7-9-30-22(14-17)38-20-5-6-20)31-27(35)33-39(36,37)23-8-10-34(32-23)19-12-18(13-19)26(28)29/h7-11,14,19-20H,2-6,12-13H2,1H3,(H2,31,33,35). The second-order valence-electron chi connectivity index (χ2n) is 10.3. The molecule has 12 heteroatoms. The summed E-state index contributed by atoms with van der Waals surface area (Å²) in [5.41, 5.74) is 5.23. The van der Waals surface area contributed by atoms with Gasteiger partial charge in [-0.1, -0.05) is 6.07 Å². The van der Waals surface area contributed by atoms with Gasteiger partial charge < -0.3 is 10.1 Å². The third-order valence-electron chi connectivity index (χ3n) is 7.36. The van der Waals surface area contributed by atoms with E-state index in [1.54, 1.807) is 6.20 Å². The second-order valence-corrected chi connectivity index (χ2v) is 11.9. The topological polar surface area (TPSA) is 115 Å². The van der Waals surface area contributed by atoms with E-state index in [4.69, 9.17) is 4.74 Å². The Kier molecular flexibility index (Phi) is 6.37. The van der Waals surface area contributed by atoms with Gasteiger partial charge in [0, 0.05) is 24.0 Å². The van der Waals surface area contributed by atoms with E-state index in [0.29, 0.717) is 11.6 Å². The normalized spacial score (nSPS) is 18.3. The number of rotatable bonds is 7. The maximum Gasteiger partial charge on any atom is 0.333 e. The van der Waals surface area contributed by atoms with Crippen molar-refractivity contribution in [2.45, 2.75) is 69.0 Å². The van der Waals surface area contributed by atoms with Crippen molar-refractivity contribution in [2.24, 2.45) is 0 Å². The molecule has 3 aliphatic rings. The summed E-state index contributed by atoms with van der Waals surface area (Å²) in [4.78, 5) is 17.4. The van der Waals surface area contributed by atoms with E-state index in [1.165, 1.54) is 16.9 Å². The summed E-state index contributed by atoms with van der Waals surface area (Å²) >= 11 is 0. The maximum atomic E-state index is 13.1. The molecule has 2 heterocycles. The van der Waals surface area contributed by atoms with E-state index in [1.807, 2.05) is 19.1 Å². The lowest BCUT2D eigenvalue weighted by Crippen LogP contribution is -2.35. The van der Waals surface area contributed by atoms with Crippen LogP contribution in [0.4, 0.5) is 19.3 Å². The van der Waals surface area contributed by atoms with Crippen LogP contribution in [-0.4, -0.2) is 35.3 Å². The van der Waals surface area contributed by atoms with Crippen molar-refractivity contribution in [3.05, 3.63) is 65.0 Å². The number of fused-ring (bicyclic) bond motifs is 1. The number of nitrogens with one attached hydrogen (secondary N) is 2. The molecule has 39 heavy (non-hydrogen) atoms. The Bertz CT molecular complexity index is 1600. The predicted octanol–water partition coefficient (Wildman–Crippen LogP) is 5.28. The predicted molar refractivity (Wildman–Crippen MR) is 139 cm³/mol. The summed E-state index contributed by atoms with van der Waals surface area (Å²) in [7, 11) is -4.31. The van der Waals surface area contributed by atoms with Gasteiger partial charge in [0.15, 0.2) is 5.03 Å². The molecule has 1 aromatic carbocycles. The number of urea groups is 1. The Labute approximate surface area is 224 Å². The van der Waals surface area contributed by atoms with Gasteiger partial charge in [-0.25, -0.2) is 14.5 Å². The molecule has 0 atom stereocenters. The molecular formula is C27H27F2N5O4S. The molecule has 2 amide bonds. The number of hydrogen-bond acceptors (Lipinski definition) is 6. The van der Waals surface area contributed by atoms with Crippen molar-refractivity contribution in [3.8, 4) is 17.0 Å². The highest BCUT2D eigenvalue weighted by Gasteiger charge is 2.31. The summed E-state index contributed by atoms with van der Waals surface area (Å²) in [5.74, 6) is 0.506. The lowest BCUT2D eigenvalue weighted by atomic mass is 9.87. The minimum absolute atomic E-state index is 0.0410. The number of hydrogen-bond donors (Lipinski definition) is 2. The van der Waals surface area contributed by atoms with Crippen molar-refractivity contribution >= 4 is 21.7 Å². The molecular weight excluding hydrogens is 528 g/mol. The highest BCUT2D eigenvalue weighted by Crippen LogP contribution is 2.41. The smallest absolute Gasteiger partial charge is 0.333 e. The molecule has 2 aromatic heterocycles. The van der Waals surface area contributed by atoms with E-state index >= 15 is 0 Å². The van der Waals surface area contributed by atoms with Gasteiger partial charge in [-0.3, -0.25) is 4.68 Å². The Morgan fingerprint density at radius 2 is 1.95 bits per heavy atom. The minimum Gasteiger partial charge on any atom is -0.474 e. The van der Waals surface area contributed by atoms with Crippen LogP contribution in [0.5, 0.6) is 5.88 Å². The van der Waals surface area contributed by atoms with Crippen molar-refractivity contribution in [1.29, 1.82) is 0 Å². The maximum absolute atomic E-state index is 13.1. The van der Waals surface area contributed by atoms with Crippen LogP contribution in [0.15, 0.2) is 53.3 Å². The number of anilines is 1. The van der Waals surface area contributed by atoms with Crippen LogP contribution in [0.2, 0.25) is 0 Å². The van der Waals surface area contributed by atoms with Crippen LogP contribution >= 0.6 is 0 Å². The van der Waals surface area contributed by atoms with E-state index in [9.17, 15) is 22.0 Å². The van der Waals surface area contributed by atoms with Gasteiger partial charge in [-0.2, -0.15) is 22.3 Å². The summed E-state index contributed by atoms with van der Waals surface area (Å²) in [6.07, 6.45) is 6.33. The fourth-order valence-corrected chi connectivity index (χ4v) is 6.06. The van der Waals surface area contributed by atoms with Crippen LogP contribution in [-0.2, 0) is 22.9 Å². The Balaban J connectivity index is 1.25. The zero-order valence-corrected chi connectivity index (χ0v) is 22.0. The zero-order valence-electron chi connectivity index (χ0n) is 21.2. The van der Waals surface area contributed by atoms with Gasteiger partial charge in [-0.15, -0.1) is 0 Å². The highest BCUT2D eigenvalue weighted by atomic mass is 32.2. The molecule has 2 saturated carbocycles. The van der Waals surface area contributed by atoms with Crippen LogP contribution in [0.3, 0.4) is 0 Å². The van der Waals surface area contributed by atoms with Crippen LogP contribution in [0.1, 0.15) is 54.8 Å². The van der Waals surface area contributed by atoms with Gasteiger partial charge in [0.05, 0.1) is 11.7 Å². The average Bonchev–Trinajstić information content (AvgIpc) is 3.30. The largest absolute Gasteiger partial charge is 0.474 e. The number of pyridine rings is 1. The molecule has 0 saturated heterocycles. The second kappa shape index (κ2) is 9.74. The zero-order chi connectivity index (χ0) is 27.3. The molecule has 204 valence electrons. The van der Waals surface area contributed by atoms with Crippen LogP contribution in [0.25, 0.3) is 11.1 Å². The number of aryl methyl sites for hydroxylation is 2. The number of allylic oxidation sites excluding steroid dienone is 1. The number of halogens is 2. The van der Waals surface area contributed by atoms with Crippen molar-refractivity contribution in [3.63, 3.8) is 0 Å². The molecule has 3 aliphatic carbocycles. The molecule has 0 radical (unpaired) electrons. The van der Waals surface area contributed by atoms with E-state index in [2.05, 4.69) is 26.2 Å². The van der Waals surface area contributed by atoms with Gasteiger partial charge in [0.25, 0.3) is 16.1 Å². The molecule has 0 unspecified atom stereocenters. The quantitative estimate of drug-likeness (QED) is 0.410. The fourth-order valence-electron chi connectivity index (χ4n) is 5.22.